The molecule has 0 saturated carbocycles. The first-order valence-electron chi connectivity index (χ1n) is 9.92. The van der Waals surface area contributed by atoms with E-state index < -0.39 is 0 Å². The molecule has 0 fully saturated rings. The third kappa shape index (κ3) is 4.97. The second-order valence-corrected chi connectivity index (χ2v) is 7.14. The molecule has 0 aliphatic heterocycles. The Morgan fingerprint density at radius 2 is 1.74 bits per heavy atom. The number of rotatable bonds is 8. The molecule has 1 atom stereocenters. The highest BCUT2D eigenvalue weighted by Crippen LogP contribution is 2.29. The first kappa shape index (κ1) is 19.2. The van der Waals surface area contributed by atoms with Gasteiger partial charge in [-0.25, -0.2) is 4.79 Å². The van der Waals surface area contributed by atoms with Gasteiger partial charge in [-0.3, -0.25) is 0 Å². The number of fused-ring (bicyclic) bond motifs is 1. The Kier molecular flexibility index (Phi) is 6.64. The first-order chi connectivity index (χ1) is 13.2. The van der Waals surface area contributed by atoms with Gasteiger partial charge in [0.05, 0.1) is 12.2 Å². The normalized spacial score (nSPS) is 12.1. The molecule has 0 aliphatic carbocycles. The number of aryl methyl sites for hydroxylation is 1. The molecule has 0 N–H and O–H groups in total. The van der Waals surface area contributed by atoms with Crippen molar-refractivity contribution < 1.29 is 9.53 Å². The number of hydrogen-bond donors (Lipinski definition) is 0. The predicted octanol–water partition coefficient (Wildman–Crippen LogP) is 6.53. The summed E-state index contributed by atoms with van der Waals surface area (Å²) in [4.78, 5) is 11.9. The summed E-state index contributed by atoms with van der Waals surface area (Å²) in [5.41, 5.74) is 3.30. The zero-order valence-electron chi connectivity index (χ0n) is 16.3. The van der Waals surface area contributed by atoms with Gasteiger partial charge in [-0.1, -0.05) is 67.9 Å². The van der Waals surface area contributed by atoms with Crippen LogP contribution in [0.25, 0.3) is 10.8 Å². The molecule has 0 aromatic heterocycles. The van der Waals surface area contributed by atoms with Gasteiger partial charge in [0, 0.05) is 0 Å². The zero-order valence-corrected chi connectivity index (χ0v) is 16.3. The topological polar surface area (TPSA) is 26.3 Å². The van der Waals surface area contributed by atoms with Gasteiger partial charge >= 0.3 is 5.97 Å². The monoisotopic (exact) mass is 360 g/mol. The van der Waals surface area contributed by atoms with Gasteiger partial charge < -0.3 is 4.74 Å². The van der Waals surface area contributed by atoms with E-state index in [-0.39, 0.29) is 5.97 Å². The molecule has 3 rings (SSSR count). The van der Waals surface area contributed by atoms with E-state index in [0.29, 0.717) is 18.1 Å². The molecule has 27 heavy (non-hydrogen) atoms. The van der Waals surface area contributed by atoms with Crippen LogP contribution in [0.15, 0.2) is 66.7 Å². The molecule has 0 radical (unpaired) electrons. The summed E-state index contributed by atoms with van der Waals surface area (Å²) in [5, 5.41) is 2.69. The van der Waals surface area contributed by atoms with E-state index in [1.165, 1.54) is 34.7 Å². The molecule has 0 heterocycles. The minimum absolute atomic E-state index is 0.232. The summed E-state index contributed by atoms with van der Waals surface area (Å²) in [6.07, 6.45) is 4.47. The highest BCUT2D eigenvalue weighted by atomic mass is 16.5. The van der Waals surface area contributed by atoms with Crippen molar-refractivity contribution in [1.29, 1.82) is 0 Å². The van der Waals surface area contributed by atoms with Crippen molar-refractivity contribution >= 4 is 16.7 Å². The molecule has 0 spiro atoms. The molecule has 3 aromatic rings. The highest BCUT2D eigenvalue weighted by molar-refractivity contribution is 5.89. The Morgan fingerprint density at radius 1 is 0.963 bits per heavy atom. The SMILES string of the molecule is CCOC(=O)c1cccc(CCCC[C@H](C)c2cccc3ccccc23)c1. The van der Waals surface area contributed by atoms with Crippen LogP contribution < -0.4 is 0 Å². The molecule has 3 aromatic carbocycles. The van der Waals surface area contributed by atoms with Crippen LogP contribution >= 0.6 is 0 Å². The number of esters is 1. The third-order valence-electron chi connectivity index (χ3n) is 5.14. The fraction of sp³-hybridized carbons (Fsp3) is 0.320. The lowest BCUT2D eigenvalue weighted by Crippen LogP contribution is -2.05. The van der Waals surface area contributed by atoms with E-state index in [2.05, 4.69) is 55.5 Å². The molecule has 0 amide bonds. The largest absolute Gasteiger partial charge is 0.462 e. The average Bonchev–Trinajstić information content (AvgIpc) is 2.71. The van der Waals surface area contributed by atoms with E-state index in [4.69, 9.17) is 4.74 Å². The molecule has 0 unspecified atom stereocenters. The van der Waals surface area contributed by atoms with Gasteiger partial charge in [-0.05, 0) is 66.1 Å². The van der Waals surface area contributed by atoms with Gasteiger partial charge in [-0.15, -0.1) is 0 Å². The lowest BCUT2D eigenvalue weighted by atomic mass is 9.90. The molecular formula is C25H28O2. The maximum atomic E-state index is 11.9. The smallest absolute Gasteiger partial charge is 0.338 e. The Morgan fingerprint density at radius 3 is 2.59 bits per heavy atom. The first-order valence-corrected chi connectivity index (χ1v) is 9.92. The molecule has 140 valence electrons. The summed E-state index contributed by atoms with van der Waals surface area (Å²) in [6, 6.07) is 23.1. The van der Waals surface area contributed by atoms with Crippen LogP contribution in [0.2, 0.25) is 0 Å². The summed E-state index contributed by atoms with van der Waals surface area (Å²) in [7, 11) is 0. The Bertz CT molecular complexity index is 892. The molecule has 0 saturated heterocycles. The summed E-state index contributed by atoms with van der Waals surface area (Å²) < 4.78 is 5.09. The number of benzene rings is 3. The maximum Gasteiger partial charge on any atom is 0.338 e. The second kappa shape index (κ2) is 9.36. The molecular weight excluding hydrogens is 332 g/mol. The van der Waals surface area contributed by atoms with Crippen molar-refractivity contribution in [2.24, 2.45) is 0 Å². The summed E-state index contributed by atoms with van der Waals surface area (Å²) >= 11 is 0. The molecule has 0 bridgehead atoms. The maximum absolute atomic E-state index is 11.9. The standard InChI is InChI=1S/C25H28O2/c1-3-27-25(26)22-15-8-12-20(18-22)11-5-4-10-19(2)23-17-9-14-21-13-6-7-16-24(21)23/h6-9,12-19H,3-5,10-11H2,1-2H3/t19-/m0/s1. The molecule has 2 heteroatoms. The van der Waals surface area contributed by atoms with Crippen molar-refractivity contribution in [3.63, 3.8) is 0 Å². The van der Waals surface area contributed by atoms with Gasteiger partial charge in [0.15, 0.2) is 0 Å². The lowest BCUT2D eigenvalue weighted by molar-refractivity contribution is 0.0526. The Hall–Kier alpha value is -2.61. The number of unbranched alkanes of at least 4 members (excludes halogenated alkanes) is 1. The van der Waals surface area contributed by atoms with E-state index in [1.54, 1.807) is 0 Å². The number of carbonyl (C=O) groups excluding carboxylic acids is 1. The fourth-order valence-corrected chi connectivity index (χ4v) is 3.68. The summed E-state index contributed by atoms with van der Waals surface area (Å²) in [5.74, 6) is 0.311. The van der Waals surface area contributed by atoms with E-state index in [9.17, 15) is 4.79 Å². The predicted molar refractivity (Wildman–Crippen MR) is 112 cm³/mol. The van der Waals surface area contributed by atoms with Gasteiger partial charge in [0.1, 0.15) is 0 Å². The Balaban J connectivity index is 1.54. The number of ether oxygens (including phenoxy) is 1. The highest BCUT2D eigenvalue weighted by Gasteiger charge is 2.10. The van der Waals surface area contributed by atoms with Crippen molar-refractivity contribution in [2.45, 2.75) is 45.4 Å². The lowest BCUT2D eigenvalue weighted by Gasteiger charge is -2.15. The summed E-state index contributed by atoms with van der Waals surface area (Å²) in [6.45, 7) is 4.57. The van der Waals surface area contributed by atoms with Crippen LogP contribution in [0, 0.1) is 0 Å². The van der Waals surface area contributed by atoms with Gasteiger partial charge in [0.25, 0.3) is 0 Å². The average molecular weight is 360 g/mol. The van der Waals surface area contributed by atoms with E-state index >= 15 is 0 Å². The van der Waals surface area contributed by atoms with E-state index in [1.807, 2.05) is 25.1 Å². The molecule has 2 nitrogen and oxygen atoms in total. The van der Waals surface area contributed by atoms with Crippen LogP contribution in [0.1, 0.15) is 60.5 Å². The van der Waals surface area contributed by atoms with Crippen LogP contribution in [-0.2, 0) is 11.2 Å². The second-order valence-electron chi connectivity index (χ2n) is 7.14. The van der Waals surface area contributed by atoms with Crippen LogP contribution in [0.4, 0.5) is 0 Å². The van der Waals surface area contributed by atoms with Gasteiger partial charge in [0.2, 0.25) is 0 Å². The number of carbonyl (C=O) groups is 1. The van der Waals surface area contributed by atoms with Crippen molar-refractivity contribution in [1.82, 2.24) is 0 Å². The fourth-order valence-electron chi connectivity index (χ4n) is 3.68. The van der Waals surface area contributed by atoms with E-state index in [0.717, 1.165) is 12.8 Å². The van der Waals surface area contributed by atoms with Crippen LogP contribution in [-0.4, -0.2) is 12.6 Å². The van der Waals surface area contributed by atoms with Crippen LogP contribution in [0.3, 0.4) is 0 Å². The minimum Gasteiger partial charge on any atom is -0.462 e. The van der Waals surface area contributed by atoms with Crippen molar-refractivity contribution in [3.8, 4) is 0 Å². The zero-order chi connectivity index (χ0) is 19.1. The van der Waals surface area contributed by atoms with Crippen LogP contribution in [0.5, 0.6) is 0 Å². The third-order valence-corrected chi connectivity index (χ3v) is 5.14. The number of hydrogen-bond acceptors (Lipinski definition) is 2. The van der Waals surface area contributed by atoms with Gasteiger partial charge in [-0.2, -0.15) is 0 Å². The quantitative estimate of drug-likeness (QED) is 0.337. The van der Waals surface area contributed by atoms with Crippen molar-refractivity contribution in [3.05, 3.63) is 83.4 Å². The molecule has 0 aliphatic rings. The van der Waals surface area contributed by atoms with Crippen molar-refractivity contribution in [2.75, 3.05) is 6.61 Å². The Labute approximate surface area is 162 Å². The minimum atomic E-state index is -0.232.